The molecule has 4 heteroatoms. The summed E-state index contributed by atoms with van der Waals surface area (Å²) in [4.78, 5) is 21.2. The van der Waals surface area contributed by atoms with Crippen molar-refractivity contribution in [1.82, 2.24) is 9.97 Å². The lowest BCUT2D eigenvalue weighted by atomic mass is 10.1. The third kappa shape index (κ3) is 1.71. The molecule has 0 spiro atoms. The van der Waals surface area contributed by atoms with Crippen LogP contribution in [-0.2, 0) is 0 Å². The lowest BCUT2D eigenvalue weighted by Crippen LogP contribution is -2.06. The van der Waals surface area contributed by atoms with Gasteiger partial charge in [0, 0.05) is 18.1 Å². The van der Waals surface area contributed by atoms with Gasteiger partial charge in [-0.25, -0.2) is 4.85 Å². The van der Waals surface area contributed by atoms with E-state index in [1.54, 1.807) is 18.5 Å². The van der Waals surface area contributed by atoms with E-state index in [-0.39, 0.29) is 11.2 Å². The van der Waals surface area contributed by atoms with Crippen LogP contribution in [0, 0.1) is 13.5 Å². The summed E-state index contributed by atoms with van der Waals surface area (Å²) in [5.41, 5.74) is 2.31. The van der Waals surface area contributed by atoms with Gasteiger partial charge < -0.3 is 4.98 Å². The van der Waals surface area contributed by atoms with Crippen molar-refractivity contribution in [3.05, 3.63) is 58.1 Å². The van der Waals surface area contributed by atoms with E-state index in [4.69, 9.17) is 6.57 Å². The highest BCUT2D eigenvalue weighted by Crippen LogP contribution is 2.23. The number of pyridine rings is 2. The van der Waals surface area contributed by atoms with E-state index in [9.17, 15) is 4.79 Å². The van der Waals surface area contributed by atoms with E-state index >= 15 is 0 Å². The number of aromatic nitrogens is 2. The topological polar surface area (TPSA) is 50.1 Å². The van der Waals surface area contributed by atoms with Crippen LogP contribution in [0.1, 0.15) is 5.69 Å². The molecule has 2 rings (SSSR count). The Labute approximate surface area is 92.4 Å². The molecule has 2 aromatic rings. The molecule has 0 unspecified atom stereocenters. The molecule has 2 heterocycles. The number of hydrogen-bond donors (Lipinski definition) is 1. The summed E-state index contributed by atoms with van der Waals surface area (Å²) in [6, 6.07) is 5.29. The Morgan fingerprint density at radius 3 is 2.69 bits per heavy atom. The Hall–Kier alpha value is -2.41. The molecule has 1 N–H and O–H groups in total. The zero-order valence-electron chi connectivity index (χ0n) is 8.69. The second kappa shape index (κ2) is 3.99. The molecule has 0 atom stereocenters. The Bertz CT molecular complexity index is 608. The predicted octanol–water partition coefficient (Wildman–Crippen LogP) is 2.30. The van der Waals surface area contributed by atoms with Crippen molar-refractivity contribution >= 4 is 5.69 Å². The minimum absolute atomic E-state index is 0.109. The minimum atomic E-state index is -0.342. The summed E-state index contributed by atoms with van der Waals surface area (Å²) < 4.78 is 0. The SMILES string of the molecule is [C-]#[N+]c1cc(-c2ccncc2)c(C)[nH]c1=O. The smallest absolute Gasteiger partial charge is 0.254 e. The number of nitrogens with one attached hydrogen (secondary N) is 1. The number of H-pyrrole nitrogens is 1. The number of aromatic amines is 1. The molecule has 4 nitrogen and oxygen atoms in total. The molecule has 0 saturated heterocycles. The minimum Gasteiger partial charge on any atom is -0.335 e. The highest BCUT2D eigenvalue weighted by atomic mass is 16.1. The van der Waals surface area contributed by atoms with E-state index in [1.807, 2.05) is 19.1 Å². The molecule has 0 fully saturated rings. The number of aryl methyl sites for hydroxylation is 1. The maximum absolute atomic E-state index is 11.4. The summed E-state index contributed by atoms with van der Waals surface area (Å²) in [5.74, 6) is 0. The second-order valence-corrected chi connectivity index (χ2v) is 3.37. The molecule has 0 saturated carbocycles. The Morgan fingerprint density at radius 1 is 1.38 bits per heavy atom. The zero-order chi connectivity index (χ0) is 11.5. The maximum atomic E-state index is 11.4. The van der Waals surface area contributed by atoms with Crippen LogP contribution in [0.15, 0.2) is 35.4 Å². The van der Waals surface area contributed by atoms with Crippen LogP contribution < -0.4 is 5.56 Å². The molecule has 0 aliphatic heterocycles. The molecule has 0 aromatic carbocycles. The molecule has 0 bridgehead atoms. The average Bonchev–Trinajstić information content (AvgIpc) is 2.30. The summed E-state index contributed by atoms with van der Waals surface area (Å²) in [6.07, 6.45) is 3.36. The maximum Gasteiger partial charge on any atom is 0.254 e. The van der Waals surface area contributed by atoms with Gasteiger partial charge in [0.05, 0.1) is 6.57 Å². The van der Waals surface area contributed by atoms with Gasteiger partial charge in [-0.1, -0.05) is 0 Å². The van der Waals surface area contributed by atoms with Gasteiger partial charge >= 0.3 is 0 Å². The van der Waals surface area contributed by atoms with Crippen molar-refractivity contribution in [3.8, 4) is 11.1 Å². The lowest BCUT2D eigenvalue weighted by Gasteiger charge is -2.05. The standard InChI is InChI=1S/C12H9N3O/c1-8-10(9-3-5-14-6-4-9)7-11(13-2)12(16)15-8/h3-7H,1H3,(H,15,16). The van der Waals surface area contributed by atoms with Gasteiger partial charge in [-0.15, -0.1) is 0 Å². The van der Waals surface area contributed by atoms with E-state index in [2.05, 4.69) is 14.8 Å². The Morgan fingerprint density at radius 2 is 2.06 bits per heavy atom. The highest BCUT2D eigenvalue weighted by molar-refractivity contribution is 5.69. The van der Waals surface area contributed by atoms with E-state index in [0.29, 0.717) is 0 Å². The van der Waals surface area contributed by atoms with Crippen LogP contribution in [-0.4, -0.2) is 9.97 Å². The largest absolute Gasteiger partial charge is 0.335 e. The third-order valence-corrected chi connectivity index (χ3v) is 2.33. The van der Waals surface area contributed by atoms with Gasteiger partial charge in [0.15, 0.2) is 0 Å². The molecule has 16 heavy (non-hydrogen) atoms. The van der Waals surface area contributed by atoms with Gasteiger partial charge in [-0.05, 0) is 36.2 Å². The molecule has 2 aromatic heterocycles. The van der Waals surface area contributed by atoms with Crippen LogP contribution in [0.3, 0.4) is 0 Å². The normalized spacial score (nSPS) is 9.75. The van der Waals surface area contributed by atoms with Crippen molar-refractivity contribution in [2.24, 2.45) is 0 Å². The Kier molecular flexibility index (Phi) is 2.52. The first-order valence-electron chi connectivity index (χ1n) is 4.74. The summed E-state index contributed by atoms with van der Waals surface area (Å²) in [6.45, 7) is 8.72. The molecule has 0 amide bonds. The first-order valence-corrected chi connectivity index (χ1v) is 4.74. The summed E-state index contributed by atoms with van der Waals surface area (Å²) >= 11 is 0. The fourth-order valence-corrected chi connectivity index (χ4v) is 1.53. The van der Waals surface area contributed by atoms with E-state index < -0.39 is 0 Å². The molecular weight excluding hydrogens is 202 g/mol. The molecule has 0 aliphatic carbocycles. The van der Waals surface area contributed by atoms with Gasteiger partial charge in [0.2, 0.25) is 0 Å². The van der Waals surface area contributed by atoms with E-state index in [0.717, 1.165) is 16.8 Å². The fraction of sp³-hybridized carbons (Fsp3) is 0.0833. The van der Waals surface area contributed by atoms with Crippen molar-refractivity contribution in [2.45, 2.75) is 6.92 Å². The zero-order valence-corrected chi connectivity index (χ0v) is 8.69. The lowest BCUT2D eigenvalue weighted by molar-refractivity contribution is 1.15. The van der Waals surface area contributed by atoms with Crippen molar-refractivity contribution in [3.63, 3.8) is 0 Å². The van der Waals surface area contributed by atoms with Crippen molar-refractivity contribution in [1.29, 1.82) is 0 Å². The molecule has 0 radical (unpaired) electrons. The van der Waals surface area contributed by atoms with Crippen molar-refractivity contribution < 1.29 is 0 Å². The first kappa shape index (κ1) is 10.1. The van der Waals surface area contributed by atoms with Gasteiger partial charge in [-0.3, -0.25) is 9.78 Å². The van der Waals surface area contributed by atoms with Crippen LogP contribution in [0.2, 0.25) is 0 Å². The summed E-state index contributed by atoms with van der Waals surface area (Å²) in [7, 11) is 0. The summed E-state index contributed by atoms with van der Waals surface area (Å²) in [5, 5.41) is 0. The van der Waals surface area contributed by atoms with Crippen LogP contribution >= 0.6 is 0 Å². The number of rotatable bonds is 1. The fourth-order valence-electron chi connectivity index (χ4n) is 1.53. The van der Waals surface area contributed by atoms with Crippen molar-refractivity contribution in [2.75, 3.05) is 0 Å². The molecule has 78 valence electrons. The first-order chi connectivity index (χ1) is 7.72. The number of hydrogen-bond acceptors (Lipinski definition) is 2. The number of nitrogens with zero attached hydrogens (tertiary/aromatic N) is 2. The quantitative estimate of drug-likeness (QED) is 0.736. The van der Waals surface area contributed by atoms with Gasteiger partial charge in [-0.2, -0.15) is 0 Å². The van der Waals surface area contributed by atoms with Crippen LogP contribution in [0.5, 0.6) is 0 Å². The molecule has 0 aliphatic rings. The van der Waals surface area contributed by atoms with E-state index in [1.165, 1.54) is 0 Å². The van der Waals surface area contributed by atoms with Gasteiger partial charge in [0.1, 0.15) is 0 Å². The van der Waals surface area contributed by atoms with Crippen LogP contribution in [0.4, 0.5) is 5.69 Å². The predicted molar refractivity (Wildman–Crippen MR) is 61.3 cm³/mol. The molecular formula is C12H9N3O. The highest BCUT2D eigenvalue weighted by Gasteiger charge is 2.06. The Balaban J connectivity index is 2.68. The monoisotopic (exact) mass is 211 g/mol. The van der Waals surface area contributed by atoms with Gasteiger partial charge in [0.25, 0.3) is 11.2 Å². The average molecular weight is 211 g/mol. The second-order valence-electron chi connectivity index (χ2n) is 3.37. The third-order valence-electron chi connectivity index (χ3n) is 2.33. The van der Waals surface area contributed by atoms with Crippen LogP contribution in [0.25, 0.3) is 16.0 Å².